The van der Waals surface area contributed by atoms with Crippen LogP contribution in [-0.2, 0) is 0 Å². The van der Waals surface area contributed by atoms with Gasteiger partial charge in [0.2, 0.25) is 0 Å². The molecule has 0 bridgehead atoms. The lowest BCUT2D eigenvalue weighted by atomic mass is 10.2. The van der Waals surface area contributed by atoms with Gasteiger partial charge in [0, 0.05) is 0 Å². The summed E-state index contributed by atoms with van der Waals surface area (Å²) < 4.78 is 1.69. The minimum atomic E-state index is 0.121. The van der Waals surface area contributed by atoms with Crippen LogP contribution in [0.5, 0.6) is 0 Å². The van der Waals surface area contributed by atoms with Crippen molar-refractivity contribution in [2.45, 2.75) is 38.7 Å². The third-order valence-electron chi connectivity index (χ3n) is 2.11. The molecule has 0 aliphatic heterocycles. The molecule has 0 unspecified atom stereocenters. The van der Waals surface area contributed by atoms with Crippen LogP contribution >= 0.6 is 11.3 Å². The lowest BCUT2D eigenvalue weighted by Crippen LogP contribution is -2.07. The molecular formula is C10H18SSi. The summed E-state index contributed by atoms with van der Waals surface area (Å²) in [6, 6.07) is 6.00. The number of hydrogen-bond donors (Lipinski definition) is 0. The van der Waals surface area contributed by atoms with E-state index in [4.69, 9.17) is 0 Å². The van der Waals surface area contributed by atoms with E-state index in [2.05, 4.69) is 24.4 Å². The van der Waals surface area contributed by atoms with Crippen LogP contribution in [0, 0.1) is 0 Å². The minimum absolute atomic E-state index is 0.121. The number of unbranched alkanes of at least 4 members (excludes halogenated alkanes) is 3. The molecule has 0 nitrogen and oxygen atoms in total. The quantitative estimate of drug-likeness (QED) is 0.487. The normalized spacial score (nSPS) is 11.4. The van der Waals surface area contributed by atoms with Crippen LogP contribution < -0.4 is 4.50 Å². The van der Waals surface area contributed by atoms with Gasteiger partial charge in [0.05, 0.1) is 9.52 Å². The lowest BCUT2D eigenvalue weighted by Gasteiger charge is -1.96. The van der Waals surface area contributed by atoms with Crippen molar-refractivity contribution in [1.29, 1.82) is 0 Å². The molecule has 1 aromatic heterocycles. The van der Waals surface area contributed by atoms with E-state index in [0.29, 0.717) is 0 Å². The monoisotopic (exact) mass is 198 g/mol. The number of hydrogen-bond acceptors (Lipinski definition) is 1. The summed E-state index contributed by atoms with van der Waals surface area (Å²) in [4.78, 5) is 0. The molecule has 68 valence electrons. The van der Waals surface area contributed by atoms with Crippen LogP contribution in [0.3, 0.4) is 0 Å². The van der Waals surface area contributed by atoms with Gasteiger partial charge >= 0.3 is 0 Å². The van der Waals surface area contributed by atoms with Gasteiger partial charge < -0.3 is 0 Å². The van der Waals surface area contributed by atoms with Crippen molar-refractivity contribution in [3.05, 3.63) is 17.5 Å². The predicted octanol–water partition coefficient (Wildman–Crippen LogP) is 2.54. The van der Waals surface area contributed by atoms with Crippen molar-refractivity contribution >= 4 is 25.4 Å². The van der Waals surface area contributed by atoms with Crippen molar-refractivity contribution in [3.63, 3.8) is 0 Å². The topological polar surface area (TPSA) is 0 Å². The molecule has 0 amide bonds. The van der Waals surface area contributed by atoms with Crippen molar-refractivity contribution in [2.24, 2.45) is 0 Å². The average molecular weight is 198 g/mol. The van der Waals surface area contributed by atoms with E-state index in [1.807, 2.05) is 11.3 Å². The summed E-state index contributed by atoms with van der Waals surface area (Å²) in [5.74, 6) is 0. The van der Waals surface area contributed by atoms with Gasteiger partial charge in [-0.15, -0.1) is 0 Å². The second-order valence-corrected chi connectivity index (χ2v) is 6.76. The molecule has 0 spiro atoms. The highest BCUT2D eigenvalue weighted by molar-refractivity contribution is 7.19. The molecule has 0 aromatic carbocycles. The Bertz CT molecular complexity index is 182. The van der Waals surface area contributed by atoms with E-state index in [1.165, 1.54) is 31.7 Å². The zero-order valence-corrected chi connectivity index (χ0v) is 10.1. The third kappa shape index (κ3) is 4.07. The van der Waals surface area contributed by atoms with E-state index in [-0.39, 0.29) is 9.52 Å². The fourth-order valence-electron chi connectivity index (χ4n) is 1.36. The van der Waals surface area contributed by atoms with Gasteiger partial charge in [0.15, 0.2) is 0 Å². The second-order valence-electron chi connectivity index (χ2n) is 3.24. The van der Waals surface area contributed by atoms with Gasteiger partial charge in [-0.25, -0.2) is 0 Å². The third-order valence-corrected chi connectivity index (χ3v) is 5.53. The van der Waals surface area contributed by atoms with E-state index in [9.17, 15) is 0 Å². The van der Waals surface area contributed by atoms with Crippen LogP contribution in [0.2, 0.25) is 6.04 Å². The highest BCUT2D eigenvalue weighted by Gasteiger charge is 1.94. The molecule has 2 heteroatoms. The molecule has 0 radical (unpaired) electrons. The molecule has 0 saturated heterocycles. The highest BCUT2D eigenvalue weighted by atomic mass is 32.1. The van der Waals surface area contributed by atoms with Crippen LogP contribution in [0.15, 0.2) is 17.5 Å². The van der Waals surface area contributed by atoms with Crippen molar-refractivity contribution < 1.29 is 0 Å². The van der Waals surface area contributed by atoms with E-state index >= 15 is 0 Å². The summed E-state index contributed by atoms with van der Waals surface area (Å²) in [5.41, 5.74) is 0. The maximum atomic E-state index is 2.30. The van der Waals surface area contributed by atoms with E-state index < -0.39 is 0 Å². The SMILES string of the molecule is CCCCCC[SiH2]c1cccs1. The van der Waals surface area contributed by atoms with Gasteiger partial charge in [0.1, 0.15) is 0 Å². The first-order valence-electron chi connectivity index (χ1n) is 4.96. The van der Waals surface area contributed by atoms with Crippen LogP contribution in [0.25, 0.3) is 0 Å². The van der Waals surface area contributed by atoms with Gasteiger partial charge in [0.25, 0.3) is 0 Å². The summed E-state index contributed by atoms with van der Waals surface area (Å²) in [5, 5.41) is 2.20. The van der Waals surface area contributed by atoms with Gasteiger partial charge in [-0.2, -0.15) is 11.3 Å². The molecular weight excluding hydrogens is 180 g/mol. The Morgan fingerprint density at radius 2 is 2.25 bits per heavy atom. The second kappa shape index (κ2) is 6.43. The summed E-state index contributed by atoms with van der Waals surface area (Å²) in [6.45, 7) is 2.27. The smallest absolute Gasteiger partial charge is 0.0676 e. The lowest BCUT2D eigenvalue weighted by molar-refractivity contribution is 0.701. The Hall–Kier alpha value is -0.0831. The molecule has 12 heavy (non-hydrogen) atoms. The molecule has 0 fully saturated rings. The zero-order chi connectivity index (χ0) is 8.65. The minimum Gasteiger partial charge on any atom is -0.154 e. The molecule has 1 aromatic rings. The van der Waals surface area contributed by atoms with Crippen LogP contribution in [0.4, 0.5) is 0 Å². The summed E-state index contributed by atoms with van der Waals surface area (Å²) in [7, 11) is 0.121. The highest BCUT2D eigenvalue weighted by Crippen LogP contribution is 2.03. The molecule has 0 aliphatic rings. The molecule has 0 N–H and O–H groups in total. The maximum Gasteiger partial charge on any atom is 0.0676 e. The standard InChI is InChI=1S/C10H18SSi/c1-2-3-4-5-9-12-10-7-6-8-11-10/h6-8H,2-5,9,12H2,1H3. The van der Waals surface area contributed by atoms with Crippen LogP contribution in [-0.4, -0.2) is 9.52 Å². The fourth-order valence-corrected chi connectivity index (χ4v) is 4.29. The summed E-state index contributed by atoms with van der Waals surface area (Å²) in [6.07, 6.45) is 5.71. The van der Waals surface area contributed by atoms with Crippen molar-refractivity contribution in [3.8, 4) is 0 Å². The number of rotatable bonds is 6. The first kappa shape index (κ1) is 10.0. The van der Waals surface area contributed by atoms with Crippen molar-refractivity contribution in [1.82, 2.24) is 0 Å². The zero-order valence-electron chi connectivity index (χ0n) is 7.88. The van der Waals surface area contributed by atoms with Gasteiger partial charge in [-0.3, -0.25) is 0 Å². The fraction of sp³-hybridized carbons (Fsp3) is 0.600. The van der Waals surface area contributed by atoms with Crippen LogP contribution in [0.1, 0.15) is 32.6 Å². The van der Waals surface area contributed by atoms with E-state index in [0.717, 1.165) is 0 Å². The molecule has 0 saturated carbocycles. The largest absolute Gasteiger partial charge is 0.154 e. The van der Waals surface area contributed by atoms with E-state index in [1.54, 1.807) is 4.50 Å². The van der Waals surface area contributed by atoms with Gasteiger partial charge in [-0.05, 0) is 9.88 Å². The average Bonchev–Trinajstić information content (AvgIpc) is 2.57. The maximum absolute atomic E-state index is 2.30. The molecule has 0 aliphatic carbocycles. The van der Waals surface area contributed by atoms with Crippen molar-refractivity contribution in [2.75, 3.05) is 0 Å². The Kier molecular flexibility index (Phi) is 5.36. The Morgan fingerprint density at radius 1 is 1.33 bits per heavy atom. The first-order valence-corrected chi connectivity index (χ1v) is 7.54. The summed E-state index contributed by atoms with van der Waals surface area (Å²) >= 11 is 1.95. The Labute approximate surface area is 81.8 Å². The molecule has 1 heterocycles. The number of thiophene rings is 1. The van der Waals surface area contributed by atoms with Gasteiger partial charge in [-0.1, -0.05) is 50.8 Å². The Morgan fingerprint density at radius 3 is 2.92 bits per heavy atom. The Balaban J connectivity index is 1.96. The first-order chi connectivity index (χ1) is 5.93. The predicted molar refractivity (Wildman–Crippen MR) is 61.4 cm³/mol. The molecule has 1 rings (SSSR count). The molecule has 0 atom stereocenters.